The molecule has 1 fully saturated rings. The van der Waals surface area contributed by atoms with E-state index in [4.69, 9.17) is 9.47 Å². The van der Waals surface area contributed by atoms with Crippen LogP contribution < -0.4 is 0 Å². The molecule has 0 aliphatic heterocycles. The largest absolute Gasteiger partial charge is 0.480 e. The fourth-order valence-corrected chi connectivity index (χ4v) is 2.36. The first-order valence-corrected chi connectivity index (χ1v) is 7.41. The molecule has 0 amide bonds. The maximum absolute atomic E-state index is 11.0. The van der Waals surface area contributed by atoms with E-state index >= 15 is 0 Å². The minimum Gasteiger partial charge on any atom is -0.480 e. The molecule has 4 heteroatoms. The SMILES string of the molecule is C=C/C(OCC#CC1(O)CCC(OC)CC1)=C(C=O)\C=C/C. The molecule has 0 aromatic heterocycles. The molecule has 0 atom stereocenters. The van der Waals surface area contributed by atoms with Gasteiger partial charge in [-0.1, -0.05) is 30.6 Å². The van der Waals surface area contributed by atoms with Gasteiger partial charge < -0.3 is 14.6 Å². The Bertz CT molecular complexity index is 497. The molecule has 0 unspecified atom stereocenters. The van der Waals surface area contributed by atoms with Crippen molar-refractivity contribution in [2.45, 2.75) is 44.3 Å². The lowest BCUT2D eigenvalue weighted by Gasteiger charge is -2.31. The van der Waals surface area contributed by atoms with Crippen molar-refractivity contribution in [1.29, 1.82) is 0 Å². The Kier molecular flexibility index (Phi) is 7.65. The maximum atomic E-state index is 11.0. The molecule has 1 saturated carbocycles. The number of hydrogen-bond donors (Lipinski definition) is 1. The zero-order chi connectivity index (χ0) is 16.4. The molecule has 1 aliphatic rings. The van der Waals surface area contributed by atoms with Gasteiger partial charge in [0.1, 0.15) is 18.0 Å². The van der Waals surface area contributed by atoms with E-state index in [2.05, 4.69) is 18.4 Å². The number of carbonyl (C=O) groups excluding carboxylic acids is 1. The summed E-state index contributed by atoms with van der Waals surface area (Å²) in [6.07, 6.45) is 8.60. The van der Waals surface area contributed by atoms with Gasteiger partial charge in [0.15, 0.2) is 6.29 Å². The van der Waals surface area contributed by atoms with Gasteiger partial charge in [0.25, 0.3) is 0 Å². The van der Waals surface area contributed by atoms with E-state index in [0.29, 0.717) is 30.5 Å². The van der Waals surface area contributed by atoms with Gasteiger partial charge in [-0.25, -0.2) is 0 Å². The molecule has 0 radical (unpaired) electrons. The van der Waals surface area contributed by atoms with Gasteiger partial charge in [-0.05, 0) is 38.7 Å². The molecule has 1 N–H and O–H groups in total. The second-order valence-corrected chi connectivity index (χ2v) is 5.20. The lowest BCUT2D eigenvalue weighted by atomic mass is 9.84. The quantitative estimate of drug-likeness (QED) is 0.269. The van der Waals surface area contributed by atoms with E-state index in [-0.39, 0.29) is 12.7 Å². The van der Waals surface area contributed by atoms with Crippen molar-refractivity contribution >= 4 is 6.29 Å². The fraction of sp³-hybridized carbons (Fsp3) is 0.500. The van der Waals surface area contributed by atoms with Crippen LogP contribution in [0.4, 0.5) is 0 Å². The van der Waals surface area contributed by atoms with Crippen LogP contribution in [0.15, 0.2) is 36.1 Å². The van der Waals surface area contributed by atoms with Crippen molar-refractivity contribution in [3.8, 4) is 11.8 Å². The summed E-state index contributed by atoms with van der Waals surface area (Å²) in [4.78, 5) is 11.0. The summed E-state index contributed by atoms with van der Waals surface area (Å²) in [5.74, 6) is 6.09. The van der Waals surface area contributed by atoms with Crippen molar-refractivity contribution < 1.29 is 19.4 Å². The van der Waals surface area contributed by atoms with Crippen LogP contribution in [0, 0.1) is 11.8 Å². The molecule has 0 aromatic rings. The number of hydrogen-bond acceptors (Lipinski definition) is 4. The van der Waals surface area contributed by atoms with Gasteiger partial charge >= 0.3 is 0 Å². The molecular formula is C18H24O4. The van der Waals surface area contributed by atoms with Gasteiger partial charge in [0, 0.05) is 7.11 Å². The molecule has 120 valence electrons. The van der Waals surface area contributed by atoms with Crippen LogP contribution in [0.3, 0.4) is 0 Å². The second kappa shape index (κ2) is 9.24. The van der Waals surface area contributed by atoms with Crippen LogP contribution in [0.2, 0.25) is 0 Å². The van der Waals surface area contributed by atoms with Crippen LogP contribution in [-0.2, 0) is 14.3 Å². The highest BCUT2D eigenvalue weighted by atomic mass is 16.5. The van der Waals surface area contributed by atoms with Crippen molar-refractivity contribution in [3.05, 3.63) is 36.1 Å². The molecule has 1 rings (SSSR count). The topological polar surface area (TPSA) is 55.8 Å². The average molecular weight is 304 g/mol. The summed E-state index contributed by atoms with van der Waals surface area (Å²) >= 11 is 0. The smallest absolute Gasteiger partial charge is 0.153 e. The zero-order valence-corrected chi connectivity index (χ0v) is 13.3. The van der Waals surface area contributed by atoms with Gasteiger partial charge in [-0.2, -0.15) is 0 Å². The van der Waals surface area contributed by atoms with E-state index in [0.717, 1.165) is 12.8 Å². The number of aliphatic hydroxyl groups is 1. The minimum absolute atomic E-state index is 0.103. The van der Waals surface area contributed by atoms with E-state index in [1.165, 1.54) is 6.08 Å². The number of ether oxygens (including phenoxy) is 2. The van der Waals surface area contributed by atoms with Crippen LogP contribution in [0.25, 0.3) is 0 Å². The van der Waals surface area contributed by atoms with E-state index in [1.54, 1.807) is 19.3 Å². The van der Waals surface area contributed by atoms with Gasteiger partial charge in [0.05, 0.1) is 11.7 Å². The molecule has 0 heterocycles. The zero-order valence-electron chi connectivity index (χ0n) is 13.3. The molecular weight excluding hydrogens is 280 g/mol. The number of carbonyl (C=O) groups is 1. The average Bonchev–Trinajstić information content (AvgIpc) is 2.54. The third kappa shape index (κ3) is 5.51. The summed E-state index contributed by atoms with van der Waals surface area (Å²) in [5, 5.41) is 10.4. The van der Waals surface area contributed by atoms with E-state index in [9.17, 15) is 9.90 Å². The Hall–Kier alpha value is -1.83. The number of rotatable bonds is 6. The van der Waals surface area contributed by atoms with E-state index in [1.807, 2.05) is 6.92 Å². The molecule has 0 spiro atoms. The van der Waals surface area contributed by atoms with Crippen molar-refractivity contribution in [1.82, 2.24) is 0 Å². The van der Waals surface area contributed by atoms with Crippen LogP contribution in [0.5, 0.6) is 0 Å². The molecule has 0 saturated heterocycles. The first-order chi connectivity index (χ1) is 10.6. The highest BCUT2D eigenvalue weighted by molar-refractivity contribution is 5.79. The summed E-state index contributed by atoms with van der Waals surface area (Å²) in [5.41, 5.74) is -0.550. The van der Waals surface area contributed by atoms with Gasteiger partial charge in [0.2, 0.25) is 0 Å². The summed E-state index contributed by atoms with van der Waals surface area (Å²) < 4.78 is 10.7. The van der Waals surface area contributed by atoms with Crippen molar-refractivity contribution in [2.75, 3.05) is 13.7 Å². The summed E-state index contributed by atoms with van der Waals surface area (Å²) in [6, 6.07) is 0. The summed E-state index contributed by atoms with van der Waals surface area (Å²) in [7, 11) is 1.69. The Balaban J connectivity index is 2.60. The van der Waals surface area contributed by atoms with Crippen LogP contribution in [-0.4, -0.2) is 36.8 Å². The predicted octanol–water partition coefficient (Wildman–Crippen LogP) is 2.54. The van der Waals surface area contributed by atoms with E-state index < -0.39 is 5.60 Å². The highest BCUT2D eigenvalue weighted by Gasteiger charge is 2.31. The van der Waals surface area contributed by atoms with Crippen LogP contribution in [0.1, 0.15) is 32.6 Å². The molecule has 1 aliphatic carbocycles. The maximum Gasteiger partial charge on any atom is 0.153 e. The monoisotopic (exact) mass is 304 g/mol. The number of allylic oxidation sites excluding steroid dienone is 4. The normalized spacial score (nSPS) is 25.9. The molecule has 4 nitrogen and oxygen atoms in total. The Morgan fingerprint density at radius 3 is 2.64 bits per heavy atom. The highest BCUT2D eigenvalue weighted by Crippen LogP contribution is 2.29. The Morgan fingerprint density at radius 2 is 2.14 bits per heavy atom. The Labute approximate surface area is 132 Å². The van der Waals surface area contributed by atoms with Crippen LogP contribution >= 0.6 is 0 Å². The fourth-order valence-electron chi connectivity index (χ4n) is 2.36. The minimum atomic E-state index is -0.965. The molecule has 0 bridgehead atoms. The first kappa shape index (κ1) is 18.2. The third-order valence-electron chi connectivity index (χ3n) is 3.66. The summed E-state index contributed by atoms with van der Waals surface area (Å²) in [6.45, 7) is 5.54. The van der Waals surface area contributed by atoms with Gasteiger partial charge in [-0.15, -0.1) is 0 Å². The predicted molar refractivity (Wildman–Crippen MR) is 86.0 cm³/mol. The second-order valence-electron chi connectivity index (χ2n) is 5.20. The lowest BCUT2D eigenvalue weighted by molar-refractivity contribution is -0.104. The first-order valence-electron chi connectivity index (χ1n) is 7.41. The van der Waals surface area contributed by atoms with Crippen molar-refractivity contribution in [2.24, 2.45) is 0 Å². The Morgan fingerprint density at radius 1 is 1.45 bits per heavy atom. The molecule has 0 aromatic carbocycles. The number of aldehydes is 1. The lowest BCUT2D eigenvalue weighted by Crippen LogP contribution is -2.35. The number of methoxy groups -OCH3 is 1. The van der Waals surface area contributed by atoms with Gasteiger partial charge in [-0.3, -0.25) is 4.79 Å². The third-order valence-corrected chi connectivity index (χ3v) is 3.66. The van der Waals surface area contributed by atoms with Crippen molar-refractivity contribution in [3.63, 3.8) is 0 Å². The molecule has 22 heavy (non-hydrogen) atoms. The standard InChI is InChI=1S/C18H24O4/c1-4-7-15(14-19)17(5-2)22-13-6-10-18(20)11-8-16(21-3)9-12-18/h4-5,7,14,16,20H,2,8-9,11-13H2,1,3H3/b7-4-,17-15-.